The van der Waals surface area contributed by atoms with Crippen molar-refractivity contribution in [2.45, 2.75) is 31.8 Å². The fourth-order valence-electron chi connectivity index (χ4n) is 4.20. The second-order valence-corrected chi connectivity index (χ2v) is 7.44. The Morgan fingerprint density at radius 1 is 1.14 bits per heavy atom. The van der Waals surface area contributed by atoms with Crippen molar-refractivity contribution in [2.75, 3.05) is 13.1 Å². The van der Waals surface area contributed by atoms with Gasteiger partial charge in [0.2, 0.25) is 5.91 Å². The van der Waals surface area contributed by atoms with Crippen molar-refractivity contribution in [2.24, 2.45) is 5.92 Å². The Morgan fingerprint density at radius 2 is 2.00 bits per heavy atom. The molecule has 5 nitrogen and oxygen atoms in total. The lowest BCUT2D eigenvalue weighted by Crippen LogP contribution is -2.43. The summed E-state index contributed by atoms with van der Waals surface area (Å²) in [5, 5.41) is 0. The third-order valence-electron chi connectivity index (χ3n) is 5.57. The Morgan fingerprint density at radius 3 is 2.75 bits per heavy atom. The first-order valence-corrected chi connectivity index (χ1v) is 9.46. The summed E-state index contributed by atoms with van der Waals surface area (Å²) in [5.74, 6) is -0.876. The highest BCUT2D eigenvalue weighted by molar-refractivity contribution is 5.92. The molecule has 2 saturated heterocycles. The lowest BCUT2D eigenvalue weighted by molar-refractivity contribution is -0.133. The molecule has 2 aromatic rings. The first-order valence-electron chi connectivity index (χ1n) is 9.46. The van der Waals surface area contributed by atoms with Crippen molar-refractivity contribution >= 4 is 11.8 Å². The van der Waals surface area contributed by atoms with E-state index in [4.69, 9.17) is 0 Å². The molecule has 28 heavy (non-hydrogen) atoms. The number of likely N-dealkylation sites (tertiary alicyclic amines) is 2. The highest BCUT2D eigenvalue weighted by Gasteiger charge is 2.42. The van der Waals surface area contributed by atoms with Crippen LogP contribution in [0.5, 0.6) is 0 Å². The molecule has 7 heteroatoms. The lowest BCUT2D eigenvalue weighted by Gasteiger charge is -2.30. The average molecular weight is 385 g/mol. The van der Waals surface area contributed by atoms with E-state index in [1.165, 1.54) is 24.3 Å². The van der Waals surface area contributed by atoms with Gasteiger partial charge in [0.15, 0.2) is 0 Å². The van der Waals surface area contributed by atoms with Crippen molar-refractivity contribution in [3.63, 3.8) is 0 Å². The Labute approximate surface area is 162 Å². The molecule has 0 aliphatic carbocycles. The number of hydrogen-bond acceptors (Lipinski definition) is 3. The quantitative estimate of drug-likeness (QED) is 0.816. The van der Waals surface area contributed by atoms with Crippen molar-refractivity contribution in [1.82, 2.24) is 14.8 Å². The number of pyridine rings is 1. The molecule has 1 aromatic heterocycles. The molecule has 1 aromatic carbocycles. The summed E-state index contributed by atoms with van der Waals surface area (Å²) in [7, 11) is 0. The van der Waals surface area contributed by atoms with E-state index < -0.39 is 5.82 Å². The largest absolute Gasteiger partial charge is 0.335 e. The number of benzene rings is 1. The lowest BCUT2D eigenvalue weighted by atomic mass is 9.98. The van der Waals surface area contributed by atoms with Crippen LogP contribution in [0.1, 0.15) is 35.3 Å². The van der Waals surface area contributed by atoms with Gasteiger partial charge in [-0.2, -0.15) is 0 Å². The van der Waals surface area contributed by atoms with Crippen molar-refractivity contribution < 1.29 is 18.4 Å². The molecule has 0 saturated carbocycles. The van der Waals surface area contributed by atoms with Gasteiger partial charge in [0.25, 0.3) is 5.91 Å². The molecule has 0 N–H and O–H groups in total. The van der Waals surface area contributed by atoms with Crippen LogP contribution in [0.2, 0.25) is 0 Å². The maximum Gasteiger partial charge on any atom is 0.272 e. The number of aromatic nitrogens is 1. The number of halogens is 2. The number of rotatable bonds is 3. The predicted octanol–water partition coefficient (Wildman–Crippen LogP) is 3.01. The number of nitrogens with zero attached hydrogens (tertiary/aromatic N) is 3. The number of amides is 2. The van der Waals surface area contributed by atoms with E-state index in [0.29, 0.717) is 26.1 Å². The van der Waals surface area contributed by atoms with Gasteiger partial charge in [-0.05, 0) is 48.6 Å². The van der Waals surface area contributed by atoms with E-state index in [1.54, 1.807) is 21.9 Å². The minimum Gasteiger partial charge on any atom is -0.335 e. The van der Waals surface area contributed by atoms with Gasteiger partial charge >= 0.3 is 0 Å². The molecule has 3 heterocycles. The second-order valence-electron chi connectivity index (χ2n) is 7.44. The van der Waals surface area contributed by atoms with Gasteiger partial charge in [-0.25, -0.2) is 13.8 Å². The summed E-state index contributed by atoms with van der Waals surface area (Å²) in [4.78, 5) is 32.8. The molecule has 4 rings (SSSR count). The molecule has 2 unspecified atom stereocenters. The van der Waals surface area contributed by atoms with Crippen LogP contribution in [0.4, 0.5) is 8.78 Å². The van der Waals surface area contributed by atoms with Crippen molar-refractivity contribution in [3.8, 4) is 0 Å². The summed E-state index contributed by atoms with van der Waals surface area (Å²) in [5.41, 5.74) is 0.930. The van der Waals surface area contributed by atoms with Crippen LogP contribution >= 0.6 is 0 Å². The number of carbonyl (C=O) groups is 2. The summed E-state index contributed by atoms with van der Waals surface area (Å²) in [6.07, 6.45) is 3.13. The van der Waals surface area contributed by atoms with Crippen LogP contribution in [0.3, 0.4) is 0 Å². The van der Waals surface area contributed by atoms with E-state index in [0.717, 1.165) is 24.6 Å². The topological polar surface area (TPSA) is 53.5 Å². The fraction of sp³-hybridized carbons (Fsp3) is 0.381. The SMILES string of the molecule is O=C(c1ccc(F)cn1)N1CC2CCCC(=O)N(Cc3cccc(F)c3)C2C1. The fourth-order valence-corrected chi connectivity index (χ4v) is 4.20. The smallest absolute Gasteiger partial charge is 0.272 e. The van der Waals surface area contributed by atoms with Crippen LogP contribution in [-0.4, -0.2) is 45.7 Å². The summed E-state index contributed by atoms with van der Waals surface area (Å²) < 4.78 is 26.6. The van der Waals surface area contributed by atoms with Crippen molar-refractivity contribution in [1.29, 1.82) is 0 Å². The Hall–Kier alpha value is -2.83. The van der Waals surface area contributed by atoms with Crippen molar-refractivity contribution in [3.05, 3.63) is 65.5 Å². The summed E-state index contributed by atoms with van der Waals surface area (Å²) in [6, 6.07) is 8.74. The minimum absolute atomic E-state index is 0.0333. The molecule has 0 spiro atoms. The molecule has 2 atom stereocenters. The Balaban J connectivity index is 1.54. The zero-order chi connectivity index (χ0) is 19.7. The molecule has 0 bridgehead atoms. The first-order chi connectivity index (χ1) is 13.5. The third kappa shape index (κ3) is 3.74. The van der Waals surface area contributed by atoms with Gasteiger partial charge in [0.1, 0.15) is 17.3 Å². The number of carbonyl (C=O) groups excluding carboxylic acids is 2. The van der Waals surface area contributed by atoms with E-state index >= 15 is 0 Å². The summed E-state index contributed by atoms with van der Waals surface area (Å²) in [6.45, 7) is 1.27. The maximum atomic E-state index is 13.6. The van der Waals surface area contributed by atoms with E-state index in [2.05, 4.69) is 4.98 Å². The molecular formula is C21H21F2N3O2. The van der Waals surface area contributed by atoms with E-state index in [1.807, 2.05) is 0 Å². The average Bonchev–Trinajstić information content (AvgIpc) is 3.04. The van der Waals surface area contributed by atoms with Gasteiger partial charge in [0, 0.05) is 26.1 Å². The number of fused-ring (bicyclic) bond motifs is 1. The third-order valence-corrected chi connectivity index (χ3v) is 5.57. The van der Waals surface area contributed by atoms with Gasteiger partial charge in [-0.1, -0.05) is 12.1 Å². The molecule has 146 valence electrons. The van der Waals surface area contributed by atoms with Gasteiger partial charge in [-0.3, -0.25) is 9.59 Å². The second kappa shape index (κ2) is 7.66. The normalized spacial score (nSPS) is 22.1. The summed E-state index contributed by atoms with van der Waals surface area (Å²) >= 11 is 0. The molecule has 2 fully saturated rings. The standard InChI is InChI=1S/C21H21F2N3O2/c22-16-5-1-3-14(9-16)11-26-19-13-25(12-15(19)4-2-6-20(26)27)21(28)18-8-7-17(23)10-24-18/h1,3,5,7-10,15,19H,2,4,6,11-13H2. The van der Waals surface area contributed by atoms with E-state index in [9.17, 15) is 18.4 Å². The molecular weight excluding hydrogens is 364 g/mol. The minimum atomic E-state index is -0.491. The number of hydrogen-bond donors (Lipinski definition) is 0. The Kier molecular flexibility index (Phi) is 5.07. The van der Waals surface area contributed by atoms with Crippen LogP contribution in [0.15, 0.2) is 42.6 Å². The van der Waals surface area contributed by atoms with Crippen LogP contribution < -0.4 is 0 Å². The zero-order valence-corrected chi connectivity index (χ0v) is 15.4. The molecule has 2 aliphatic rings. The van der Waals surface area contributed by atoms with Gasteiger partial charge in [-0.15, -0.1) is 0 Å². The highest BCUT2D eigenvalue weighted by atomic mass is 19.1. The van der Waals surface area contributed by atoms with Crippen LogP contribution in [-0.2, 0) is 11.3 Å². The van der Waals surface area contributed by atoms with E-state index in [-0.39, 0.29) is 35.3 Å². The van der Waals surface area contributed by atoms with Gasteiger partial charge < -0.3 is 9.80 Å². The van der Waals surface area contributed by atoms with Crippen LogP contribution in [0.25, 0.3) is 0 Å². The molecule has 0 radical (unpaired) electrons. The van der Waals surface area contributed by atoms with Crippen LogP contribution in [0, 0.1) is 17.6 Å². The monoisotopic (exact) mass is 385 g/mol. The maximum absolute atomic E-state index is 13.6. The Bertz CT molecular complexity index is 887. The first kappa shape index (κ1) is 18.5. The highest BCUT2D eigenvalue weighted by Crippen LogP contribution is 2.32. The predicted molar refractivity (Wildman–Crippen MR) is 98.2 cm³/mol. The zero-order valence-electron chi connectivity index (χ0n) is 15.4. The molecule has 2 aliphatic heterocycles. The van der Waals surface area contributed by atoms with Gasteiger partial charge in [0.05, 0.1) is 12.2 Å². The molecule has 2 amide bonds.